The molecule has 0 saturated carbocycles. The van der Waals surface area contributed by atoms with Gasteiger partial charge in [-0.3, -0.25) is 0 Å². The highest BCUT2D eigenvalue weighted by molar-refractivity contribution is 7.90. The first-order valence-corrected chi connectivity index (χ1v) is 10.5. The van der Waals surface area contributed by atoms with Gasteiger partial charge in [0.1, 0.15) is 0 Å². The number of aromatic carboxylic acids is 1. The summed E-state index contributed by atoms with van der Waals surface area (Å²) in [6.45, 7) is 4.26. The molecule has 0 aliphatic heterocycles. The van der Waals surface area contributed by atoms with Crippen LogP contribution in [0.25, 0.3) is 10.9 Å². The zero-order chi connectivity index (χ0) is 19.6. The van der Waals surface area contributed by atoms with Crippen LogP contribution in [0.1, 0.15) is 54.9 Å². The first-order chi connectivity index (χ1) is 12.9. The maximum atomic E-state index is 13.2. The number of fused-ring (bicyclic) bond motifs is 1. The molecule has 6 heteroatoms. The molecule has 0 fully saturated rings. The van der Waals surface area contributed by atoms with E-state index in [-0.39, 0.29) is 16.4 Å². The Hall–Kier alpha value is -2.60. The van der Waals surface area contributed by atoms with Crippen molar-refractivity contribution in [2.45, 2.75) is 43.9 Å². The van der Waals surface area contributed by atoms with E-state index in [9.17, 15) is 13.2 Å². The van der Waals surface area contributed by atoms with E-state index in [1.54, 1.807) is 12.3 Å². The number of carboxylic acid groups (broad SMARTS) is 1. The minimum Gasteiger partial charge on any atom is -0.478 e. The van der Waals surface area contributed by atoms with E-state index >= 15 is 0 Å². The van der Waals surface area contributed by atoms with Gasteiger partial charge in [-0.05, 0) is 48.2 Å². The van der Waals surface area contributed by atoms with E-state index < -0.39 is 16.0 Å². The number of nitrogens with zero attached hydrogens (tertiary/aromatic N) is 1. The summed E-state index contributed by atoms with van der Waals surface area (Å²) in [6.07, 6.45) is 4.89. The molecule has 1 aromatic heterocycles. The van der Waals surface area contributed by atoms with Crippen LogP contribution in [0.15, 0.2) is 59.6 Å². The van der Waals surface area contributed by atoms with Crippen LogP contribution < -0.4 is 0 Å². The van der Waals surface area contributed by atoms with Crippen LogP contribution in [0.4, 0.5) is 0 Å². The second-order valence-corrected chi connectivity index (χ2v) is 8.59. The largest absolute Gasteiger partial charge is 0.478 e. The van der Waals surface area contributed by atoms with E-state index in [4.69, 9.17) is 5.11 Å². The molecule has 142 valence electrons. The molecular formula is C21H23NO4S. The summed E-state index contributed by atoms with van der Waals surface area (Å²) in [7, 11) is -3.82. The lowest BCUT2D eigenvalue weighted by Gasteiger charge is -2.09. The molecule has 0 aliphatic carbocycles. The number of carboxylic acids is 1. The van der Waals surface area contributed by atoms with Crippen molar-refractivity contribution >= 4 is 26.9 Å². The van der Waals surface area contributed by atoms with Crippen LogP contribution in [0.2, 0.25) is 0 Å². The third kappa shape index (κ3) is 3.62. The number of carbonyl (C=O) groups is 1. The van der Waals surface area contributed by atoms with Gasteiger partial charge in [0.25, 0.3) is 10.0 Å². The predicted molar refractivity (Wildman–Crippen MR) is 106 cm³/mol. The van der Waals surface area contributed by atoms with Crippen LogP contribution in [-0.2, 0) is 10.0 Å². The lowest BCUT2D eigenvalue weighted by atomic mass is 9.95. The zero-order valence-electron chi connectivity index (χ0n) is 15.4. The van der Waals surface area contributed by atoms with Crippen molar-refractivity contribution < 1.29 is 18.3 Å². The molecule has 0 amide bonds. The monoisotopic (exact) mass is 385 g/mol. The average molecular weight is 385 g/mol. The number of hydrogen-bond acceptors (Lipinski definition) is 3. The Bertz CT molecular complexity index is 1070. The fraction of sp³-hybridized carbons (Fsp3) is 0.286. The van der Waals surface area contributed by atoms with Crippen LogP contribution in [-0.4, -0.2) is 23.5 Å². The fourth-order valence-electron chi connectivity index (χ4n) is 3.32. The van der Waals surface area contributed by atoms with Crippen molar-refractivity contribution in [1.82, 2.24) is 3.97 Å². The number of aromatic nitrogens is 1. The number of benzene rings is 2. The molecule has 3 rings (SSSR count). The highest BCUT2D eigenvalue weighted by Gasteiger charge is 2.23. The van der Waals surface area contributed by atoms with E-state index in [0.717, 1.165) is 30.2 Å². The van der Waals surface area contributed by atoms with Gasteiger partial charge in [-0.2, -0.15) is 0 Å². The molecule has 0 saturated heterocycles. The smallest absolute Gasteiger partial charge is 0.335 e. The maximum absolute atomic E-state index is 13.2. The van der Waals surface area contributed by atoms with Crippen molar-refractivity contribution in [3.63, 3.8) is 0 Å². The summed E-state index contributed by atoms with van der Waals surface area (Å²) in [5.74, 6) is -0.835. The van der Waals surface area contributed by atoms with Gasteiger partial charge < -0.3 is 5.11 Å². The number of unbranched alkanes of at least 4 members (excludes halogenated alkanes) is 1. The summed E-state index contributed by atoms with van der Waals surface area (Å²) in [6, 6.07) is 12.8. The lowest BCUT2D eigenvalue weighted by molar-refractivity contribution is 0.0696. The molecule has 0 radical (unpaired) electrons. The summed E-state index contributed by atoms with van der Waals surface area (Å²) < 4.78 is 27.7. The molecule has 27 heavy (non-hydrogen) atoms. The van der Waals surface area contributed by atoms with Gasteiger partial charge in [-0.1, -0.05) is 44.9 Å². The first-order valence-electron chi connectivity index (χ1n) is 9.05. The number of hydrogen-bond donors (Lipinski definition) is 1. The van der Waals surface area contributed by atoms with Gasteiger partial charge in [0.2, 0.25) is 0 Å². The van der Waals surface area contributed by atoms with Crippen molar-refractivity contribution in [2.24, 2.45) is 0 Å². The van der Waals surface area contributed by atoms with Crippen LogP contribution in [0.3, 0.4) is 0 Å². The van der Waals surface area contributed by atoms with E-state index in [2.05, 4.69) is 13.8 Å². The minimum absolute atomic E-state index is 0.0557. The van der Waals surface area contributed by atoms with Gasteiger partial charge >= 0.3 is 5.97 Å². The van der Waals surface area contributed by atoms with Gasteiger partial charge in [-0.15, -0.1) is 0 Å². The van der Waals surface area contributed by atoms with Crippen molar-refractivity contribution in [3.05, 3.63) is 65.9 Å². The average Bonchev–Trinajstić information content (AvgIpc) is 3.06. The SMILES string of the molecule is CCCCC(C)c1cn(S(=O)(=O)c2ccc(C(=O)O)cc2)c2ccccc12. The first kappa shape index (κ1) is 19.2. The van der Waals surface area contributed by atoms with Gasteiger partial charge in [0.15, 0.2) is 0 Å². The summed E-state index contributed by atoms with van der Waals surface area (Å²) >= 11 is 0. The number of para-hydroxylation sites is 1. The fourth-order valence-corrected chi connectivity index (χ4v) is 4.69. The highest BCUT2D eigenvalue weighted by Crippen LogP contribution is 2.32. The molecule has 1 unspecified atom stereocenters. The van der Waals surface area contributed by atoms with Crippen LogP contribution >= 0.6 is 0 Å². The van der Waals surface area contributed by atoms with Gasteiger partial charge in [0, 0.05) is 11.6 Å². The lowest BCUT2D eigenvalue weighted by Crippen LogP contribution is -2.12. The standard InChI is InChI=1S/C21H23NO4S/c1-3-4-7-15(2)19-14-22(20-9-6-5-8-18(19)20)27(25,26)17-12-10-16(11-13-17)21(23)24/h5-6,8-15H,3-4,7H2,1-2H3,(H,23,24). The normalized spacial score (nSPS) is 13.0. The van der Waals surface area contributed by atoms with Gasteiger partial charge in [0.05, 0.1) is 16.0 Å². The Labute approximate surface area is 159 Å². The van der Waals surface area contributed by atoms with Gasteiger partial charge in [-0.25, -0.2) is 17.2 Å². The summed E-state index contributed by atoms with van der Waals surface area (Å²) in [4.78, 5) is 11.1. The molecule has 0 spiro atoms. The zero-order valence-corrected chi connectivity index (χ0v) is 16.2. The van der Waals surface area contributed by atoms with Crippen molar-refractivity contribution in [2.75, 3.05) is 0 Å². The molecule has 1 atom stereocenters. The molecule has 2 aromatic carbocycles. The maximum Gasteiger partial charge on any atom is 0.335 e. The predicted octanol–water partition coefficient (Wildman–Crippen LogP) is 4.87. The molecule has 5 nitrogen and oxygen atoms in total. The third-order valence-corrected chi connectivity index (χ3v) is 6.58. The Morgan fingerprint density at radius 1 is 1.11 bits per heavy atom. The molecule has 1 heterocycles. The van der Waals surface area contributed by atoms with Crippen LogP contribution in [0, 0.1) is 0 Å². The highest BCUT2D eigenvalue weighted by atomic mass is 32.2. The molecule has 3 aromatic rings. The van der Waals surface area contributed by atoms with Crippen LogP contribution in [0.5, 0.6) is 0 Å². The summed E-state index contributed by atoms with van der Waals surface area (Å²) in [5, 5.41) is 9.95. The minimum atomic E-state index is -3.82. The Balaban J connectivity index is 2.11. The Morgan fingerprint density at radius 2 is 1.78 bits per heavy atom. The Kier molecular flexibility index (Phi) is 5.37. The second-order valence-electron chi connectivity index (χ2n) is 6.78. The van der Waals surface area contributed by atoms with E-state index in [1.807, 2.05) is 18.2 Å². The van der Waals surface area contributed by atoms with E-state index in [0.29, 0.717) is 5.52 Å². The molecule has 0 bridgehead atoms. The van der Waals surface area contributed by atoms with Crippen molar-refractivity contribution in [3.8, 4) is 0 Å². The Morgan fingerprint density at radius 3 is 2.41 bits per heavy atom. The quantitative estimate of drug-likeness (QED) is 0.629. The molecular weight excluding hydrogens is 362 g/mol. The van der Waals surface area contributed by atoms with Crippen molar-refractivity contribution in [1.29, 1.82) is 0 Å². The third-order valence-electron chi connectivity index (χ3n) is 4.89. The summed E-state index contributed by atoms with van der Waals surface area (Å²) in [5.41, 5.74) is 1.71. The molecule has 0 aliphatic rings. The molecule has 1 N–H and O–H groups in total. The topological polar surface area (TPSA) is 76.4 Å². The van der Waals surface area contributed by atoms with E-state index in [1.165, 1.54) is 28.2 Å². The second kappa shape index (κ2) is 7.56. The number of rotatable bonds is 7.